The van der Waals surface area contributed by atoms with Gasteiger partial charge in [0, 0.05) is 4.88 Å². The highest BCUT2D eigenvalue weighted by molar-refractivity contribution is 7.14. The number of carbonyl (C=O) groups is 3. The number of nitrogens with one attached hydrogen (secondary N) is 2. The Hall–Kier alpha value is -2.74. The summed E-state index contributed by atoms with van der Waals surface area (Å²) in [6.45, 7) is -0.543. The number of aryl methyl sites for hydroxylation is 2. The van der Waals surface area contributed by atoms with Gasteiger partial charge in [0.25, 0.3) is 11.8 Å². The third-order valence-electron chi connectivity index (χ3n) is 4.22. The number of ether oxygens (including phenoxy) is 1. The molecule has 27 heavy (non-hydrogen) atoms. The summed E-state index contributed by atoms with van der Waals surface area (Å²) in [4.78, 5) is 37.4. The summed E-state index contributed by atoms with van der Waals surface area (Å²) in [5.74, 6) is -2.78. The Kier molecular flexibility index (Phi) is 6.18. The fourth-order valence-corrected chi connectivity index (χ4v) is 3.99. The first-order valence-electron chi connectivity index (χ1n) is 8.67. The maximum atomic E-state index is 13.5. The molecular formula is C19H19FN2O4S. The quantitative estimate of drug-likeness (QED) is 0.478. The lowest BCUT2D eigenvalue weighted by molar-refractivity contribution is -0.125. The van der Waals surface area contributed by atoms with Gasteiger partial charge in [0.05, 0.1) is 5.56 Å². The Morgan fingerprint density at radius 1 is 1.07 bits per heavy atom. The number of esters is 1. The van der Waals surface area contributed by atoms with Crippen LogP contribution in [0.4, 0.5) is 4.39 Å². The van der Waals surface area contributed by atoms with Crippen LogP contribution in [0, 0.1) is 5.82 Å². The Morgan fingerprint density at radius 2 is 1.85 bits per heavy atom. The molecule has 142 valence electrons. The van der Waals surface area contributed by atoms with Crippen molar-refractivity contribution in [2.75, 3.05) is 6.61 Å². The van der Waals surface area contributed by atoms with Crippen LogP contribution < -0.4 is 10.9 Å². The van der Waals surface area contributed by atoms with Crippen LogP contribution in [0.1, 0.15) is 49.7 Å². The molecule has 2 amide bonds. The van der Waals surface area contributed by atoms with Gasteiger partial charge in [-0.1, -0.05) is 18.6 Å². The van der Waals surface area contributed by atoms with Crippen LogP contribution in [-0.4, -0.2) is 24.4 Å². The maximum absolute atomic E-state index is 13.5. The number of carbonyl (C=O) groups excluding carboxylic acids is 3. The molecule has 0 spiro atoms. The van der Waals surface area contributed by atoms with E-state index >= 15 is 0 Å². The summed E-state index contributed by atoms with van der Waals surface area (Å²) < 4.78 is 18.5. The molecule has 0 fully saturated rings. The van der Waals surface area contributed by atoms with Crippen molar-refractivity contribution >= 4 is 29.1 Å². The zero-order valence-corrected chi connectivity index (χ0v) is 15.4. The lowest BCUT2D eigenvalue weighted by Crippen LogP contribution is -2.43. The third kappa shape index (κ3) is 4.91. The minimum Gasteiger partial charge on any atom is -0.451 e. The zero-order chi connectivity index (χ0) is 19.2. The first-order chi connectivity index (χ1) is 13.0. The number of hydrogen-bond acceptors (Lipinski definition) is 5. The normalized spacial score (nSPS) is 13.2. The number of fused-ring (bicyclic) bond motifs is 1. The molecule has 1 heterocycles. The number of halogens is 1. The van der Waals surface area contributed by atoms with Gasteiger partial charge in [-0.2, -0.15) is 0 Å². The van der Waals surface area contributed by atoms with Gasteiger partial charge in [0.2, 0.25) is 0 Å². The largest absolute Gasteiger partial charge is 0.451 e. The molecule has 0 radical (unpaired) electrons. The molecule has 3 rings (SSSR count). The summed E-state index contributed by atoms with van der Waals surface area (Å²) in [6, 6.07) is 7.22. The SMILES string of the molecule is O=C(COC(=O)c1cc2c(s1)CCCCC2)NNC(=O)c1ccccc1F. The van der Waals surface area contributed by atoms with Crippen LogP contribution in [0.15, 0.2) is 30.3 Å². The summed E-state index contributed by atoms with van der Waals surface area (Å²) in [5.41, 5.74) is 5.16. The van der Waals surface area contributed by atoms with E-state index in [0.717, 1.165) is 31.7 Å². The molecular weight excluding hydrogens is 371 g/mol. The van der Waals surface area contributed by atoms with E-state index in [2.05, 4.69) is 10.9 Å². The molecule has 0 bridgehead atoms. The Morgan fingerprint density at radius 3 is 2.67 bits per heavy atom. The molecule has 0 aliphatic heterocycles. The van der Waals surface area contributed by atoms with Crippen molar-refractivity contribution in [3.8, 4) is 0 Å². The summed E-state index contributed by atoms with van der Waals surface area (Å²) in [6.07, 6.45) is 5.35. The van der Waals surface area contributed by atoms with Crippen molar-refractivity contribution < 1.29 is 23.5 Å². The second kappa shape index (κ2) is 8.77. The minimum atomic E-state index is -0.797. The molecule has 0 saturated heterocycles. The maximum Gasteiger partial charge on any atom is 0.348 e. The molecule has 1 aromatic carbocycles. The molecule has 1 aliphatic carbocycles. The smallest absolute Gasteiger partial charge is 0.348 e. The monoisotopic (exact) mass is 390 g/mol. The number of benzene rings is 1. The van der Waals surface area contributed by atoms with E-state index in [1.54, 1.807) is 0 Å². The summed E-state index contributed by atoms with van der Waals surface area (Å²) in [7, 11) is 0. The number of rotatable bonds is 4. The molecule has 6 nitrogen and oxygen atoms in total. The number of thiophene rings is 1. The second-order valence-corrected chi connectivity index (χ2v) is 7.31. The third-order valence-corrected chi connectivity index (χ3v) is 5.43. The number of hydrogen-bond donors (Lipinski definition) is 2. The minimum absolute atomic E-state index is 0.199. The van der Waals surface area contributed by atoms with Crippen LogP contribution in [0.2, 0.25) is 0 Å². The van der Waals surface area contributed by atoms with E-state index in [-0.39, 0.29) is 5.56 Å². The lowest BCUT2D eigenvalue weighted by atomic mass is 10.1. The van der Waals surface area contributed by atoms with E-state index in [1.165, 1.54) is 46.4 Å². The summed E-state index contributed by atoms with van der Waals surface area (Å²) in [5, 5.41) is 0. The average molecular weight is 390 g/mol. The van der Waals surface area contributed by atoms with Gasteiger partial charge in [-0.25, -0.2) is 9.18 Å². The number of hydrazine groups is 1. The van der Waals surface area contributed by atoms with Crippen LogP contribution in [0.5, 0.6) is 0 Å². The molecule has 8 heteroatoms. The van der Waals surface area contributed by atoms with Crippen LogP contribution in [-0.2, 0) is 22.4 Å². The van der Waals surface area contributed by atoms with Crippen LogP contribution in [0.3, 0.4) is 0 Å². The first-order valence-corrected chi connectivity index (χ1v) is 9.48. The predicted molar refractivity (Wildman–Crippen MR) is 97.9 cm³/mol. The van der Waals surface area contributed by atoms with E-state index in [4.69, 9.17) is 4.74 Å². The van der Waals surface area contributed by atoms with E-state index in [1.807, 2.05) is 6.07 Å². The Balaban J connectivity index is 1.47. The highest BCUT2D eigenvalue weighted by atomic mass is 32.1. The topological polar surface area (TPSA) is 84.5 Å². The molecule has 0 unspecified atom stereocenters. The van der Waals surface area contributed by atoms with Crippen LogP contribution >= 0.6 is 11.3 Å². The Bertz CT molecular complexity index is 842. The number of amides is 2. The second-order valence-electron chi connectivity index (χ2n) is 6.18. The van der Waals surface area contributed by atoms with Crippen molar-refractivity contribution in [3.05, 3.63) is 57.0 Å². The van der Waals surface area contributed by atoms with Crippen molar-refractivity contribution in [2.24, 2.45) is 0 Å². The highest BCUT2D eigenvalue weighted by Crippen LogP contribution is 2.29. The van der Waals surface area contributed by atoms with E-state index in [9.17, 15) is 18.8 Å². The van der Waals surface area contributed by atoms with Gasteiger partial charge in [0.15, 0.2) is 6.61 Å². The van der Waals surface area contributed by atoms with Crippen LogP contribution in [0.25, 0.3) is 0 Å². The van der Waals surface area contributed by atoms with Gasteiger partial charge >= 0.3 is 5.97 Å². The molecule has 0 atom stereocenters. The average Bonchev–Trinajstić information content (AvgIpc) is 2.95. The van der Waals surface area contributed by atoms with E-state index in [0.29, 0.717) is 4.88 Å². The fourth-order valence-electron chi connectivity index (χ4n) is 2.85. The Labute approximate surface area is 159 Å². The molecule has 0 saturated carbocycles. The zero-order valence-electron chi connectivity index (χ0n) is 14.5. The predicted octanol–water partition coefficient (Wildman–Crippen LogP) is 2.77. The van der Waals surface area contributed by atoms with Crippen molar-refractivity contribution in [2.45, 2.75) is 32.1 Å². The van der Waals surface area contributed by atoms with Crippen molar-refractivity contribution in [1.82, 2.24) is 10.9 Å². The van der Waals surface area contributed by atoms with Gasteiger partial charge in [0.1, 0.15) is 10.7 Å². The standard InChI is InChI=1S/C19H19FN2O4S/c20-14-8-5-4-7-13(14)18(24)22-21-17(23)11-26-19(25)16-10-12-6-2-1-3-9-15(12)27-16/h4-5,7-8,10H,1-3,6,9,11H2,(H,21,23)(H,22,24). The fraction of sp³-hybridized carbons (Fsp3) is 0.316. The lowest BCUT2D eigenvalue weighted by Gasteiger charge is -2.08. The van der Waals surface area contributed by atoms with Gasteiger partial charge < -0.3 is 4.74 Å². The summed E-state index contributed by atoms with van der Waals surface area (Å²) >= 11 is 1.41. The van der Waals surface area contributed by atoms with Gasteiger partial charge in [-0.3, -0.25) is 20.4 Å². The molecule has 1 aromatic heterocycles. The first kappa shape index (κ1) is 19.0. The molecule has 2 aromatic rings. The van der Waals surface area contributed by atoms with Gasteiger partial charge in [-0.05, 0) is 49.4 Å². The molecule has 2 N–H and O–H groups in total. The van der Waals surface area contributed by atoms with Crippen molar-refractivity contribution in [1.29, 1.82) is 0 Å². The van der Waals surface area contributed by atoms with E-state index < -0.39 is 30.2 Å². The van der Waals surface area contributed by atoms with Crippen molar-refractivity contribution in [3.63, 3.8) is 0 Å². The van der Waals surface area contributed by atoms with Gasteiger partial charge in [-0.15, -0.1) is 11.3 Å². The molecule has 1 aliphatic rings. The highest BCUT2D eigenvalue weighted by Gasteiger charge is 2.18.